The number of carbonyl (C=O) groups excluding carboxylic acids is 1. The summed E-state index contributed by atoms with van der Waals surface area (Å²) in [5.41, 5.74) is 1.88. The van der Waals surface area contributed by atoms with Crippen molar-refractivity contribution >= 4 is 37.4 Å². The second-order valence-corrected chi connectivity index (χ2v) is 8.79. The van der Waals surface area contributed by atoms with Crippen LogP contribution in [0.25, 0.3) is 0 Å². The van der Waals surface area contributed by atoms with E-state index < -0.39 is 31.5 Å². The van der Waals surface area contributed by atoms with Crippen LogP contribution >= 0.6 is 11.6 Å². The molecular formula is C14H13ClN2O5S2. The van der Waals surface area contributed by atoms with E-state index in [-0.39, 0.29) is 9.79 Å². The highest BCUT2D eigenvalue weighted by molar-refractivity contribution is 7.92. The van der Waals surface area contributed by atoms with Gasteiger partial charge in [-0.25, -0.2) is 16.8 Å². The van der Waals surface area contributed by atoms with Crippen molar-refractivity contribution in [3.8, 4) is 0 Å². The lowest BCUT2D eigenvalue weighted by Gasteiger charge is -2.09. The van der Waals surface area contributed by atoms with Gasteiger partial charge in [0.05, 0.1) is 9.79 Å². The Balaban J connectivity index is 2.02. The predicted octanol–water partition coefficient (Wildman–Crippen LogP) is 1.12. The molecule has 0 unspecified atom stereocenters. The molecule has 0 fully saturated rings. The number of sulfonamides is 1. The molecule has 10 heteroatoms. The molecule has 2 rings (SSSR count). The minimum atomic E-state index is -3.98. The fourth-order valence-electron chi connectivity index (χ4n) is 1.72. The van der Waals surface area contributed by atoms with Crippen molar-refractivity contribution in [1.82, 2.24) is 10.3 Å². The van der Waals surface area contributed by atoms with Gasteiger partial charge in [-0.2, -0.15) is 0 Å². The number of benzene rings is 2. The third-order valence-electron chi connectivity index (χ3n) is 2.87. The maximum absolute atomic E-state index is 12.1. The van der Waals surface area contributed by atoms with Crippen molar-refractivity contribution in [2.24, 2.45) is 0 Å². The quantitative estimate of drug-likeness (QED) is 0.721. The Kier molecular flexibility index (Phi) is 5.60. The largest absolute Gasteiger partial charge is 0.277 e. The lowest BCUT2D eigenvalue weighted by Crippen LogP contribution is -2.44. The third-order valence-corrected chi connectivity index (χ3v) is 6.02. The van der Waals surface area contributed by atoms with Crippen molar-refractivity contribution in [2.75, 3.05) is 5.75 Å². The zero-order valence-corrected chi connectivity index (χ0v) is 14.5. The number of sulfone groups is 1. The highest BCUT2D eigenvalue weighted by Gasteiger charge is 2.21. The number of halogens is 1. The summed E-state index contributed by atoms with van der Waals surface area (Å²) in [4.78, 5) is 13.4. The summed E-state index contributed by atoms with van der Waals surface area (Å²) >= 11 is 5.67. The van der Waals surface area contributed by atoms with Gasteiger partial charge in [-0.05, 0) is 36.4 Å². The minimum Gasteiger partial charge on any atom is -0.277 e. The van der Waals surface area contributed by atoms with Gasteiger partial charge >= 0.3 is 0 Å². The Morgan fingerprint density at radius 1 is 0.875 bits per heavy atom. The fraction of sp³-hybridized carbons (Fsp3) is 0.0714. The maximum atomic E-state index is 12.1. The van der Waals surface area contributed by atoms with E-state index in [2.05, 4.69) is 0 Å². The third kappa shape index (κ3) is 4.78. The topological polar surface area (TPSA) is 109 Å². The number of hydrazine groups is 1. The van der Waals surface area contributed by atoms with Crippen LogP contribution in [0.15, 0.2) is 64.4 Å². The first kappa shape index (κ1) is 18.4. The van der Waals surface area contributed by atoms with Crippen LogP contribution in [-0.2, 0) is 24.7 Å². The summed E-state index contributed by atoms with van der Waals surface area (Å²) in [7, 11) is -7.89. The van der Waals surface area contributed by atoms with Gasteiger partial charge in [-0.15, -0.1) is 4.83 Å². The van der Waals surface area contributed by atoms with Gasteiger partial charge in [0, 0.05) is 5.02 Å². The molecule has 0 bridgehead atoms. The van der Waals surface area contributed by atoms with E-state index in [1.165, 1.54) is 48.5 Å². The lowest BCUT2D eigenvalue weighted by molar-refractivity contribution is -0.119. The molecule has 0 aliphatic rings. The summed E-state index contributed by atoms with van der Waals surface area (Å²) in [6.07, 6.45) is 0. The summed E-state index contributed by atoms with van der Waals surface area (Å²) in [5.74, 6) is -1.92. The predicted molar refractivity (Wildman–Crippen MR) is 88.4 cm³/mol. The first-order valence-corrected chi connectivity index (χ1v) is 10.1. The monoisotopic (exact) mass is 388 g/mol. The Hall–Kier alpha value is -1.94. The van der Waals surface area contributed by atoms with Crippen LogP contribution in [0, 0.1) is 0 Å². The van der Waals surface area contributed by atoms with Gasteiger partial charge in [0.1, 0.15) is 5.75 Å². The van der Waals surface area contributed by atoms with E-state index in [0.29, 0.717) is 5.02 Å². The average Bonchev–Trinajstić information content (AvgIpc) is 2.54. The van der Waals surface area contributed by atoms with Crippen LogP contribution in [0.1, 0.15) is 0 Å². The molecule has 7 nitrogen and oxygen atoms in total. The van der Waals surface area contributed by atoms with Gasteiger partial charge in [-0.1, -0.05) is 29.8 Å². The Bertz CT molecular complexity index is 927. The van der Waals surface area contributed by atoms with Crippen molar-refractivity contribution in [1.29, 1.82) is 0 Å². The van der Waals surface area contributed by atoms with Crippen LogP contribution in [0.4, 0.5) is 0 Å². The van der Waals surface area contributed by atoms with Crippen molar-refractivity contribution in [3.05, 3.63) is 59.6 Å². The van der Waals surface area contributed by atoms with E-state index in [4.69, 9.17) is 11.6 Å². The minimum absolute atomic E-state index is 0.0640. The number of rotatable bonds is 6. The first-order valence-electron chi connectivity index (χ1n) is 6.55. The summed E-state index contributed by atoms with van der Waals surface area (Å²) in [6.45, 7) is 0. The van der Waals surface area contributed by atoms with E-state index in [1.807, 2.05) is 10.3 Å². The molecule has 24 heavy (non-hydrogen) atoms. The molecule has 0 heterocycles. The van der Waals surface area contributed by atoms with Crippen LogP contribution in [-0.4, -0.2) is 28.5 Å². The molecule has 2 aromatic carbocycles. The molecule has 0 atom stereocenters. The Labute approximate surface area is 144 Å². The lowest BCUT2D eigenvalue weighted by atomic mass is 10.4. The SMILES string of the molecule is O=C(CS(=O)(=O)c1ccc(Cl)cc1)NNS(=O)(=O)c1ccccc1. The molecule has 0 saturated heterocycles. The van der Waals surface area contributed by atoms with E-state index in [1.54, 1.807) is 6.07 Å². The summed E-state index contributed by atoms with van der Waals surface area (Å²) in [6, 6.07) is 12.6. The standard InChI is InChI=1S/C14H13ClN2O5S2/c15-11-6-8-12(9-7-11)23(19,20)10-14(18)16-17-24(21,22)13-4-2-1-3-5-13/h1-9,17H,10H2,(H,16,18). The van der Waals surface area contributed by atoms with Crippen molar-refractivity contribution in [3.63, 3.8) is 0 Å². The molecule has 2 aromatic rings. The van der Waals surface area contributed by atoms with Crippen LogP contribution in [0.2, 0.25) is 5.02 Å². The van der Waals surface area contributed by atoms with Gasteiger partial charge in [0.25, 0.3) is 15.9 Å². The number of nitrogens with one attached hydrogen (secondary N) is 2. The van der Waals surface area contributed by atoms with Gasteiger partial charge in [-0.3, -0.25) is 10.2 Å². The Morgan fingerprint density at radius 2 is 1.46 bits per heavy atom. The average molecular weight is 389 g/mol. The van der Waals surface area contributed by atoms with Crippen LogP contribution in [0.3, 0.4) is 0 Å². The van der Waals surface area contributed by atoms with Crippen molar-refractivity contribution < 1.29 is 21.6 Å². The molecule has 0 aromatic heterocycles. The number of hydrogen-bond acceptors (Lipinski definition) is 5. The van der Waals surface area contributed by atoms with E-state index in [9.17, 15) is 21.6 Å². The smallest absolute Gasteiger partial charge is 0.257 e. The molecule has 2 N–H and O–H groups in total. The molecule has 0 spiro atoms. The van der Waals surface area contributed by atoms with Crippen molar-refractivity contribution in [2.45, 2.75) is 9.79 Å². The molecule has 0 aliphatic carbocycles. The van der Waals surface area contributed by atoms with Gasteiger partial charge < -0.3 is 0 Å². The number of carbonyl (C=O) groups is 1. The normalized spacial score (nSPS) is 11.9. The molecular weight excluding hydrogens is 376 g/mol. The fourth-order valence-corrected chi connectivity index (χ4v) is 3.86. The highest BCUT2D eigenvalue weighted by atomic mass is 35.5. The maximum Gasteiger partial charge on any atom is 0.257 e. The molecule has 1 amide bonds. The molecule has 128 valence electrons. The van der Waals surface area contributed by atoms with Crippen LogP contribution in [0.5, 0.6) is 0 Å². The molecule has 0 radical (unpaired) electrons. The molecule has 0 saturated carbocycles. The van der Waals surface area contributed by atoms with Crippen LogP contribution < -0.4 is 10.3 Å². The second kappa shape index (κ2) is 7.31. The summed E-state index contributed by atoms with van der Waals surface area (Å²) in [5, 5.41) is 0.356. The second-order valence-electron chi connectivity index (χ2n) is 4.68. The summed E-state index contributed by atoms with van der Waals surface area (Å²) < 4.78 is 48.0. The number of hydrogen-bond donors (Lipinski definition) is 2. The highest BCUT2D eigenvalue weighted by Crippen LogP contribution is 2.15. The Morgan fingerprint density at radius 3 is 2.04 bits per heavy atom. The zero-order chi connectivity index (χ0) is 17.8. The van der Waals surface area contributed by atoms with E-state index in [0.717, 1.165) is 0 Å². The van der Waals surface area contributed by atoms with Gasteiger partial charge in [0.15, 0.2) is 9.84 Å². The van der Waals surface area contributed by atoms with E-state index >= 15 is 0 Å². The first-order chi connectivity index (χ1) is 11.2. The number of amides is 1. The zero-order valence-electron chi connectivity index (χ0n) is 12.1. The molecule has 0 aliphatic heterocycles. The van der Waals surface area contributed by atoms with Gasteiger partial charge in [0.2, 0.25) is 0 Å².